The highest BCUT2D eigenvalue weighted by Gasteiger charge is 2.50. The van der Waals surface area contributed by atoms with E-state index in [4.69, 9.17) is 0 Å². The third-order valence-corrected chi connectivity index (χ3v) is 5.44. The van der Waals surface area contributed by atoms with Gasteiger partial charge in [0.05, 0.1) is 17.6 Å². The molecule has 0 spiro atoms. The molecule has 1 N–H and O–H groups in total. The average molecular weight is 335 g/mol. The maximum atomic E-state index is 14.2. The first-order chi connectivity index (χ1) is 10.8. The molecular formula is C16H18FN3O2S. The van der Waals surface area contributed by atoms with Crippen LogP contribution in [0.1, 0.15) is 30.3 Å². The van der Waals surface area contributed by atoms with E-state index in [1.165, 1.54) is 11.3 Å². The Kier molecular flexibility index (Phi) is 3.93. The molecule has 2 aromatic rings. The second-order valence-corrected chi connectivity index (χ2v) is 7.10. The zero-order valence-corrected chi connectivity index (χ0v) is 14.1. The van der Waals surface area contributed by atoms with Crippen LogP contribution in [0.4, 0.5) is 4.39 Å². The van der Waals surface area contributed by atoms with E-state index in [1.807, 2.05) is 11.9 Å². The van der Waals surface area contributed by atoms with E-state index in [1.54, 1.807) is 26.0 Å². The highest BCUT2D eigenvalue weighted by atomic mass is 32.1. The van der Waals surface area contributed by atoms with Gasteiger partial charge in [0.1, 0.15) is 10.8 Å². The molecule has 5 nitrogen and oxygen atoms in total. The van der Waals surface area contributed by atoms with Gasteiger partial charge in [-0.25, -0.2) is 4.39 Å². The Morgan fingerprint density at radius 1 is 1.43 bits per heavy atom. The minimum absolute atomic E-state index is 0.166. The van der Waals surface area contributed by atoms with E-state index in [9.17, 15) is 14.3 Å². The van der Waals surface area contributed by atoms with Crippen LogP contribution in [0.3, 0.4) is 0 Å². The number of hydrogen-bond donors (Lipinski definition) is 1. The van der Waals surface area contributed by atoms with E-state index >= 15 is 0 Å². The zero-order valence-electron chi connectivity index (χ0n) is 13.3. The van der Waals surface area contributed by atoms with Gasteiger partial charge in [0.15, 0.2) is 16.6 Å². The lowest BCUT2D eigenvalue weighted by Crippen LogP contribution is -2.39. The number of nitrogens with zero attached hydrogens (tertiary/aromatic N) is 3. The number of phenols is 1. The van der Waals surface area contributed by atoms with Gasteiger partial charge in [-0.05, 0) is 45.4 Å². The van der Waals surface area contributed by atoms with Crippen molar-refractivity contribution in [2.24, 2.45) is 0 Å². The third kappa shape index (κ3) is 2.74. The molecule has 1 aliphatic carbocycles. The molecule has 1 aliphatic rings. The van der Waals surface area contributed by atoms with Gasteiger partial charge >= 0.3 is 0 Å². The van der Waals surface area contributed by atoms with Crippen LogP contribution < -0.4 is 0 Å². The molecule has 7 heteroatoms. The van der Waals surface area contributed by atoms with Gasteiger partial charge in [-0.2, -0.15) is 0 Å². The molecule has 1 saturated carbocycles. The summed E-state index contributed by atoms with van der Waals surface area (Å²) in [6.07, 6.45) is 1.73. The number of likely N-dealkylation sites (N-methyl/N-ethyl adjacent to an activating group) is 1. The summed E-state index contributed by atoms with van der Waals surface area (Å²) in [5.74, 6) is -0.868. The molecule has 0 radical (unpaired) electrons. The van der Waals surface area contributed by atoms with Crippen molar-refractivity contribution in [3.8, 4) is 16.3 Å². The van der Waals surface area contributed by atoms with Gasteiger partial charge < -0.3 is 5.11 Å². The highest BCUT2D eigenvalue weighted by Crippen LogP contribution is 2.42. The van der Waals surface area contributed by atoms with Crippen molar-refractivity contribution in [3.05, 3.63) is 28.5 Å². The molecule has 0 unspecified atom stereocenters. The summed E-state index contributed by atoms with van der Waals surface area (Å²) in [5.41, 5.74) is 0.360. The zero-order chi connectivity index (χ0) is 16.8. The third-order valence-electron chi connectivity index (χ3n) is 4.50. The molecular weight excluding hydrogens is 317 g/mol. The molecule has 1 fully saturated rings. The molecule has 1 aromatic heterocycles. The number of carbonyl (C=O) groups excluding carboxylic acids is 1. The Balaban J connectivity index is 1.82. The fraction of sp³-hybridized carbons (Fsp3) is 0.438. The van der Waals surface area contributed by atoms with Crippen LogP contribution in [0, 0.1) is 12.7 Å². The van der Waals surface area contributed by atoms with Gasteiger partial charge in [0.2, 0.25) is 0 Å². The lowest BCUT2D eigenvalue weighted by Gasteiger charge is -2.24. The van der Waals surface area contributed by atoms with Crippen LogP contribution in [0.15, 0.2) is 12.1 Å². The summed E-state index contributed by atoms with van der Waals surface area (Å²) in [7, 11) is 1.90. The van der Waals surface area contributed by atoms with Gasteiger partial charge in [-0.3, -0.25) is 9.69 Å². The SMILES string of the molecule is CC(=O)C1(N(C)Cc2nnc(-c3ccc(C)c(O)c3F)s2)CC1. The second kappa shape index (κ2) is 5.65. The second-order valence-electron chi connectivity index (χ2n) is 6.04. The number of benzene rings is 1. The minimum atomic E-state index is -0.677. The van der Waals surface area contributed by atoms with Crippen molar-refractivity contribution in [1.82, 2.24) is 15.1 Å². The largest absolute Gasteiger partial charge is 0.505 e. The highest BCUT2D eigenvalue weighted by molar-refractivity contribution is 7.14. The van der Waals surface area contributed by atoms with E-state index in [2.05, 4.69) is 10.2 Å². The number of carbonyl (C=O) groups is 1. The van der Waals surface area contributed by atoms with Crippen LogP contribution in [0.25, 0.3) is 10.6 Å². The topological polar surface area (TPSA) is 66.3 Å². The number of halogens is 1. The lowest BCUT2D eigenvalue weighted by molar-refractivity contribution is -0.123. The first kappa shape index (κ1) is 16.0. The normalized spacial score (nSPS) is 15.9. The summed E-state index contributed by atoms with van der Waals surface area (Å²) < 4.78 is 14.2. The lowest BCUT2D eigenvalue weighted by atomic mass is 10.1. The Morgan fingerprint density at radius 2 is 2.13 bits per heavy atom. The summed E-state index contributed by atoms with van der Waals surface area (Å²) >= 11 is 1.27. The fourth-order valence-electron chi connectivity index (χ4n) is 2.73. The van der Waals surface area contributed by atoms with E-state index < -0.39 is 5.82 Å². The number of aryl methyl sites for hydroxylation is 1. The number of rotatable bonds is 5. The molecule has 3 rings (SSSR count). The summed E-state index contributed by atoms with van der Waals surface area (Å²) in [6.45, 7) is 3.75. The maximum Gasteiger partial charge on any atom is 0.175 e. The summed E-state index contributed by atoms with van der Waals surface area (Å²) in [6, 6.07) is 3.24. The molecule has 1 aromatic carbocycles. The number of phenolic OH excluding ortho intramolecular Hbond substituents is 1. The summed E-state index contributed by atoms with van der Waals surface area (Å²) in [5, 5.41) is 19.0. The molecule has 0 amide bonds. The van der Waals surface area contributed by atoms with Crippen molar-refractivity contribution in [2.75, 3.05) is 7.05 Å². The summed E-state index contributed by atoms with van der Waals surface area (Å²) in [4.78, 5) is 13.7. The van der Waals surface area contributed by atoms with Gasteiger partial charge in [-0.1, -0.05) is 17.4 Å². The standard InChI is InChI=1S/C16H18FN3O2S/c1-9-4-5-11(13(17)14(9)22)15-19-18-12(23-15)8-20(3)16(6-7-16)10(2)21/h4-5,22H,6-8H2,1-3H3. The van der Waals surface area contributed by atoms with Crippen LogP contribution in [0.5, 0.6) is 5.75 Å². The Bertz CT molecular complexity index is 771. The quantitative estimate of drug-likeness (QED) is 0.910. The molecule has 0 aliphatic heterocycles. The Morgan fingerprint density at radius 3 is 2.74 bits per heavy atom. The number of aromatic nitrogens is 2. The predicted octanol–water partition coefficient (Wildman–Crippen LogP) is 2.91. The minimum Gasteiger partial charge on any atom is -0.505 e. The molecule has 0 saturated heterocycles. The van der Waals surface area contributed by atoms with Crippen molar-refractivity contribution < 1.29 is 14.3 Å². The molecule has 23 heavy (non-hydrogen) atoms. The monoisotopic (exact) mass is 335 g/mol. The molecule has 0 atom stereocenters. The first-order valence-corrected chi connectivity index (χ1v) is 8.20. The van der Waals surface area contributed by atoms with Crippen molar-refractivity contribution in [1.29, 1.82) is 0 Å². The number of Topliss-reactive ketones (excluding diaryl/α,β-unsaturated/α-hetero) is 1. The van der Waals surface area contributed by atoms with Crippen LogP contribution in [-0.2, 0) is 11.3 Å². The number of ketones is 1. The van der Waals surface area contributed by atoms with E-state index in [0.717, 1.165) is 17.8 Å². The Labute approximate surface area is 137 Å². The number of aromatic hydroxyl groups is 1. The van der Waals surface area contributed by atoms with Crippen LogP contribution in [0.2, 0.25) is 0 Å². The van der Waals surface area contributed by atoms with Gasteiger partial charge in [0.25, 0.3) is 0 Å². The Hall–Kier alpha value is -1.86. The maximum absolute atomic E-state index is 14.2. The smallest absolute Gasteiger partial charge is 0.175 e. The molecule has 122 valence electrons. The van der Waals surface area contributed by atoms with E-state index in [-0.39, 0.29) is 22.6 Å². The van der Waals surface area contributed by atoms with Crippen LogP contribution >= 0.6 is 11.3 Å². The van der Waals surface area contributed by atoms with Gasteiger partial charge in [-0.15, -0.1) is 10.2 Å². The van der Waals surface area contributed by atoms with Crippen molar-refractivity contribution in [2.45, 2.75) is 38.8 Å². The van der Waals surface area contributed by atoms with Crippen molar-refractivity contribution >= 4 is 17.1 Å². The van der Waals surface area contributed by atoms with Crippen molar-refractivity contribution in [3.63, 3.8) is 0 Å². The molecule has 1 heterocycles. The predicted molar refractivity (Wildman–Crippen MR) is 85.8 cm³/mol. The first-order valence-electron chi connectivity index (χ1n) is 7.38. The van der Waals surface area contributed by atoms with E-state index in [0.29, 0.717) is 17.1 Å². The fourth-order valence-corrected chi connectivity index (χ4v) is 3.64. The average Bonchev–Trinajstić information content (AvgIpc) is 3.21. The molecule has 0 bridgehead atoms. The van der Waals surface area contributed by atoms with Crippen LogP contribution in [-0.4, -0.2) is 38.6 Å². The number of hydrogen-bond acceptors (Lipinski definition) is 6. The van der Waals surface area contributed by atoms with Gasteiger partial charge in [0, 0.05) is 0 Å².